The summed E-state index contributed by atoms with van der Waals surface area (Å²) in [5, 5.41) is 3.67. The van der Waals surface area contributed by atoms with E-state index in [1.165, 1.54) is 12.2 Å². The molecule has 0 aromatic carbocycles. The molecule has 18 heavy (non-hydrogen) atoms. The second-order valence-corrected chi connectivity index (χ2v) is 6.47. The summed E-state index contributed by atoms with van der Waals surface area (Å²) in [6, 6.07) is 0.476. The van der Waals surface area contributed by atoms with E-state index >= 15 is 0 Å². The molecular formula is C15H29N3. The van der Waals surface area contributed by atoms with Crippen molar-refractivity contribution in [2.75, 3.05) is 6.54 Å². The molecule has 1 heterocycles. The molecule has 3 heteroatoms. The third kappa shape index (κ3) is 4.13. The van der Waals surface area contributed by atoms with Gasteiger partial charge >= 0.3 is 0 Å². The van der Waals surface area contributed by atoms with Gasteiger partial charge in [0.05, 0.1) is 0 Å². The Kier molecular flexibility index (Phi) is 5.39. The number of imidazole rings is 1. The van der Waals surface area contributed by atoms with E-state index in [1.807, 2.05) is 6.20 Å². The molecule has 1 rings (SSSR count). The number of rotatable bonds is 6. The van der Waals surface area contributed by atoms with Gasteiger partial charge in [-0.05, 0) is 18.4 Å². The maximum Gasteiger partial charge on any atom is 0.111 e. The zero-order valence-electron chi connectivity index (χ0n) is 12.8. The summed E-state index contributed by atoms with van der Waals surface area (Å²) < 4.78 is 2.29. The van der Waals surface area contributed by atoms with Crippen LogP contribution < -0.4 is 5.32 Å². The molecule has 0 fully saturated rings. The monoisotopic (exact) mass is 251 g/mol. The number of nitrogens with one attached hydrogen (secondary N) is 1. The van der Waals surface area contributed by atoms with Crippen molar-refractivity contribution < 1.29 is 0 Å². The first kappa shape index (κ1) is 15.2. The topological polar surface area (TPSA) is 29.9 Å². The lowest BCUT2D eigenvalue weighted by Crippen LogP contribution is -2.44. The second kappa shape index (κ2) is 6.37. The fraction of sp³-hybridized carbons (Fsp3) is 0.800. The lowest BCUT2D eigenvalue weighted by atomic mass is 9.86. The molecule has 0 aliphatic carbocycles. The Morgan fingerprint density at radius 3 is 2.50 bits per heavy atom. The zero-order chi connectivity index (χ0) is 13.8. The number of nitrogens with zero attached hydrogens (tertiary/aromatic N) is 2. The highest BCUT2D eigenvalue weighted by Crippen LogP contribution is 2.22. The average molecular weight is 251 g/mol. The van der Waals surface area contributed by atoms with E-state index in [0.29, 0.717) is 12.0 Å². The third-order valence-electron chi connectivity index (χ3n) is 3.33. The first-order valence-corrected chi connectivity index (χ1v) is 7.10. The molecule has 0 saturated heterocycles. The molecule has 104 valence electrons. The van der Waals surface area contributed by atoms with Crippen molar-refractivity contribution >= 4 is 0 Å². The highest BCUT2D eigenvalue weighted by molar-refractivity contribution is 4.99. The first-order chi connectivity index (χ1) is 8.36. The SMILES string of the molecule is CCCNC(Cn1ccnc1C(C)C)C(C)(C)C. The normalized spacial score (nSPS) is 14.2. The predicted molar refractivity (Wildman–Crippen MR) is 77.9 cm³/mol. The van der Waals surface area contributed by atoms with Gasteiger partial charge in [0.25, 0.3) is 0 Å². The van der Waals surface area contributed by atoms with Gasteiger partial charge in [-0.15, -0.1) is 0 Å². The molecule has 1 atom stereocenters. The van der Waals surface area contributed by atoms with Crippen molar-refractivity contribution in [2.45, 2.75) is 66.5 Å². The summed E-state index contributed by atoms with van der Waals surface area (Å²) in [6.07, 6.45) is 5.18. The van der Waals surface area contributed by atoms with Crippen LogP contribution in [0, 0.1) is 5.41 Å². The molecule has 1 aromatic heterocycles. The van der Waals surface area contributed by atoms with Crippen molar-refractivity contribution in [2.24, 2.45) is 5.41 Å². The third-order valence-corrected chi connectivity index (χ3v) is 3.33. The van der Waals surface area contributed by atoms with Crippen molar-refractivity contribution in [1.29, 1.82) is 0 Å². The van der Waals surface area contributed by atoms with Gasteiger partial charge in [-0.25, -0.2) is 4.98 Å². The fourth-order valence-corrected chi connectivity index (χ4v) is 2.14. The van der Waals surface area contributed by atoms with Crippen LogP contribution in [0.1, 0.15) is 59.7 Å². The van der Waals surface area contributed by atoms with E-state index in [1.54, 1.807) is 0 Å². The second-order valence-electron chi connectivity index (χ2n) is 6.47. The van der Waals surface area contributed by atoms with Crippen molar-refractivity contribution in [3.63, 3.8) is 0 Å². The van der Waals surface area contributed by atoms with E-state index in [9.17, 15) is 0 Å². The largest absolute Gasteiger partial charge is 0.333 e. The van der Waals surface area contributed by atoms with Gasteiger partial charge in [0, 0.05) is 30.9 Å². The van der Waals surface area contributed by atoms with Crippen molar-refractivity contribution in [3.05, 3.63) is 18.2 Å². The summed E-state index contributed by atoms with van der Waals surface area (Å²) >= 11 is 0. The smallest absolute Gasteiger partial charge is 0.111 e. The van der Waals surface area contributed by atoms with Gasteiger partial charge in [-0.2, -0.15) is 0 Å². The highest BCUT2D eigenvalue weighted by Gasteiger charge is 2.25. The molecule has 1 unspecified atom stereocenters. The fourth-order valence-electron chi connectivity index (χ4n) is 2.14. The molecule has 0 radical (unpaired) electrons. The van der Waals surface area contributed by atoms with Crippen LogP contribution in [0.2, 0.25) is 0 Å². The van der Waals surface area contributed by atoms with Crippen LogP contribution in [0.5, 0.6) is 0 Å². The summed E-state index contributed by atoms with van der Waals surface area (Å²) in [6.45, 7) is 15.6. The van der Waals surface area contributed by atoms with Gasteiger partial charge in [0.15, 0.2) is 0 Å². The van der Waals surface area contributed by atoms with E-state index in [0.717, 1.165) is 13.1 Å². The molecule has 0 aliphatic heterocycles. The molecular weight excluding hydrogens is 222 g/mol. The Labute approximate surface area is 112 Å². The molecule has 0 spiro atoms. The van der Waals surface area contributed by atoms with Crippen LogP contribution in [-0.2, 0) is 6.54 Å². The van der Waals surface area contributed by atoms with Crippen LogP contribution >= 0.6 is 0 Å². The molecule has 0 aliphatic rings. The minimum Gasteiger partial charge on any atom is -0.333 e. The minimum absolute atomic E-state index is 0.258. The van der Waals surface area contributed by atoms with Crippen LogP contribution in [0.4, 0.5) is 0 Å². The maximum absolute atomic E-state index is 4.47. The van der Waals surface area contributed by atoms with Gasteiger partial charge in [0.2, 0.25) is 0 Å². The molecule has 1 aromatic rings. The van der Waals surface area contributed by atoms with E-state index < -0.39 is 0 Å². The lowest BCUT2D eigenvalue weighted by molar-refractivity contribution is 0.240. The molecule has 0 amide bonds. The number of aromatic nitrogens is 2. The van der Waals surface area contributed by atoms with Gasteiger partial charge in [0.1, 0.15) is 5.82 Å². The van der Waals surface area contributed by atoms with Crippen molar-refractivity contribution in [3.8, 4) is 0 Å². The van der Waals surface area contributed by atoms with Gasteiger partial charge in [-0.3, -0.25) is 0 Å². The van der Waals surface area contributed by atoms with Gasteiger partial charge in [-0.1, -0.05) is 41.5 Å². The van der Waals surface area contributed by atoms with E-state index in [2.05, 4.69) is 62.6 Å². The Balaban J connectivity index is 2.79. The average Bonchev–Trinajstić information content (AvgIpc) is 2.70. The number of hydrogen-bond donors (Lipinski definition) is 1. The highest BCUT2D eigenvalue weighted by atomic mass is 15.1. The Morgan fingerprint density at radius 1 is 1.33 bits per heavy atom. The number of hydrogen-bond acceptors (Lipinski definition) is 2. The predicted octanol–water partition coefficient (Wildman–Crippen LogP) is 3.42. The van der Waals surface area contributed by atoms with Crippen LogP contribution in [0.3, 0.4) is 0 Å². The summed E-state index contributed by atoms with van der Waals surface area (Å²) in [5.74, 6) is 1.66. The summed E-state index contributed by atoms with van der Waals surface area (Å²) in [4.78, 5) is 4.47. The van der Waals surface area contributed by atoms with Gasteiger partial charge < -0.3 is 9.88 Å². The lowest BCUT2D eigenvalue weighted by Gasteiger charge is -2.32. The Bertz CT molecular complexity index is 347. The first-order valence-electron chi connectivity index (χ1n) is 7.10. The van der Waals surface area contributed by atoms with Crippen LogP contribution in [-0.4, -0.2) is 22.1 Å². The Hall–Kier alpha value is -0.830. The Morgan fingerprint density at radius 2 is 2.00 bits per heavy atom. The standard InChI is InChI=1S/C15H29N3/c1-7-8-16-13(15(4,5)6)11-18-10-9-17-14(18)12(2)3/h9-10,12-13,16H,7-8,11H2,1-6H3. The molecule has 0 bridgehead atoms. The quantitative estimate of drug-likeness (QED) is 0.839. The summed E-state index contributed by atoms with van der Waals surface area (Å²) in [5.41, 5.74) is 0.258. The molecule has 0 saturated carbocycles. The zero-order valence-corrected chi connectivity index (χ0v) is 12.8. The van der Waals surface area contributed by atoms with Crippen LogP contribution in [0.15, 0.2) is 12.4 Å². The maximum atomic E-state index is 4.47. The molecule has 1 N–H and O–H groups in total. The van der Waals surface area contributed by atoms with Crippen molar-refractivity contribution in [1.82, 2.24) is 14.9 Å². The summed E-state index contributed by atoms with van der Waals surface area (Å²) in [7, 11) is 0. The van der Waals surface area contributed by atoms with E-state index in [-0.39, 0.29) is 5.41 Å². The van der Waals surface area contributed by atoms with Crippen LogP contribution in [0.25, 0.3) is 0 Å². The molecule has 3 nitrogen and oxygen atoms in total. The van der Waals surface area contributed by atoms with E-state index in [4.69, 9.17) is 0 Å². The minimum atomic E-state index is 0.258.